The summed E-state index contributed by atoms with van der Waals surface area (Å²) in [6, 6.07) is 21.0. The SMILES string of the molecule is CC(C)(C)OC(=O)N1CC(NC(=O)C(=O)NCc2ccccc2C(=O)NC2(c3cccc4ccccc34)CC2)C1. The van der Waals surface area contributed by atoms with E-state index in [0.29, 0.717) is 11.1 Å². The van der Waals surface area contributed by atoms with Gasteiger partial charge in [0.05, 0.1) is 11.6 Å². The molecule has 40 heavy (non-hydrogen) atoms. The Morgan fingerprint density at radius 2 is 1.57 bits per heavy atom. The number of ether oxygens (including phenoxy) is 1. The van der Waals surface area contributed by atoms with E-state index in [4.69, 9.17) is 4.74 Å². The van der Waals surface area contributed by atoms with E-state index in [-0.39, 0.29) is 31.6 Å². The van der Waals surface area contributed by atoms with Crippen LogP contribution in [0.1, 0.15) is 55.1 Å². The average Bonchev–Trinajstić information content (AvgIpc) is 3.67. The maximum atomic E-state index is 13.4. The zero-order chi connectivity index (χ0) is 28.5. The number of hydrogen-bond donors (Lipinski definition) is 3. The molecule has 4 amide bonds. The monoisotopic (exact) mass is 542 g/mol. The summed E-state index contributed by atoms with van der Waals surface area (Å²) in [6.45, 7) is 5.91. The van der Waals surface area contributed by atoms with Crippen LogP contribution in [0.2, 0.25) is 0 Å². The van der Waals surface area contributed by atoms with Gasteiger partial charge in [-0.25, -0.2) is 4.79 Å². The van der Waals surface area contributed by atoms with Gasteiger partial charge in [-0.05, 0) is 61.6 Å². The third kappa shape index (κ3) is 5.93. The molecule has 9 heteroatoms. The first-order valence-corrected chi connectivity index (χ1v) is 13.5. The van der Waals surface area contributed by atoms with E-state index in [9.17, 15) is 19.2 Å². The normalized spacial score (nSPS) is 16.0. The third-order valence-corrected chi connectivity index (χ3v) is 7.18. The molecule has 0 aromatic heterocycles. The van der Waals surface area contributed by atoms with Crippen LogP contribution in [0.15, 0.2) is 66.7 Å². The van der Waals surface area contributed by atoms with Crippen LogP contribution < -0.4 is 16.0 Å². The van der Waals surface area contributed by atoms with Crippen molar-refractivity contribution in [3.8, 4) is 0 Å². The number of nitrogens with zero attached hydrogens (tertiary/aromatic N) is 1. The molecule has 3 aromatic rings. The van der Waals surface area contributed by atoms with E-state index in [2.05, 4.69) is 40.2 Å². The molecule has 3 aromatic carbocycles. The van der Waals surface area contributed by atoms with Crippen LogP contribution in [0.25, 0.3) is 10.8 Å². The highest BCUT2D eigenvalue weighted by Gasteiger charge is 2.46. The van der Waals surface area contributed by atoms with Crippen molar-refractivity contribution in [3.63, 3.8) is 0 Å². The Labute approximate surface area is 233 Å². The molecule has 1 saturated carbocycles. The highest BCUT2D eigenvalue weighted by Crippen LogP contribution is 2.48. The van der Waals surface area contributed by atoms with Crippen LogP contribution in [-0.4, -0.2) is 53.4 Å². The lowest BCUT2D eigenvalue weighted by atomic mass is 9.96. The lowest BCUT2D eigenvalue weighted by Crippen LogP contribution is -2.62. The molecule has 5 rings (SSSR count). The van der Waals surface area contributed by atoms with Crippen LogP contribution in [0.3, 0.4) is 0 Å². The quantitative estimate of drug-likeness (QED) is 0.412. The summed E-state index contributed by atoms with van der Waals surface area (Å²) in [5.41, 5.74) is 1.12. The summed E-state index contributed by atoms with van der Waals surface area (Å²) in [5, 5.41) is 10.7. The molecule has 0 radical (unpaired) electrons. The molecule has 0 atom stereocenters. The van der Waals surface area contributed by atoms with Gasteiger partial charge in [-0.3, -0.25) is 14.4 Å². The van der Waals surface area contributed by atoms with Gasteiger partial charge in [-0.2, -0.15) is 0 Å². The van der Waals surface area contributed by atoms with E-state index >= 15 is 0 Å². The second kappa shape index (κ2) is 10.6. The molecule has 1 saturated heterocycles. The maximum Gasteiger partial charge on any atom is 0.410 e. The summed E-state index contributed by atoms with van der Waals surface area (Å²) < 4.78 is 5.30. The number of fused-ring (bicyclic) bond motifs is 1. The fourth-order valence-electron chi connectivity index (χ4n) is 4.96. The van der Waals surface area contributed by atoms with Gasteiger partial charge in [-0.15, -0.1) is 0 Å². The number of carbonyl (C=O) groups is 4. The minimum absolute atomic E-state index is 0.0197. The molecule has 3 N–H and O–H groups in total. The standard InChI is InChI=1S/C31H34N4O5/c1-30(2,3)40-29(39)35-18-22(19-35)33-28(38)27(37)32-17-21-10-5-7-13-24(21)26(36)34-31(15-16-31)25-14-8-11-20-9-4-6-12-23(20)25/h4-14,22H,15-19H2,1-3H3,(H,32,37)(H,33,38)(H,34,36). The first kappa shape index (κ1) is 27.2. The molecule has 0 unspecified atom stereocenters. The Kier molecular flexibility index (Phi) is 7.23. The summed E-state index contributed by atoms with van der Waals surface area (Å²) in [6.07, 6.45) is 1.24. The van der Waals surface area contributed by atoms with E-state index in [1.807, 2.05) is 18.2 Å². The first-order valence-electron chi connectivity index (χ1n) is 13.5. The zero-order valence-corrected chi connectivity index (χ0v) is 23.0. The third-order valence-electron chi connectivity index (χ3n) is 7.18. The molecule has 208 valence electrons. The molecule has 9 nitrogen and oxygen atoms in total. The molecular weight excluding hydrogens is 508 g/mol. The second-order valence-electron chi connectivity index (χ2n) is 11.5. The number of benzene rings is 3. The highest BCUT2D eigenvalue weighted by atomic mass is 16.6. The number of carbonyl (C=O) groups excluding carboxylic acids is 4. The summed E-state index contributed by atoms with van der Waals surface area (Å²) in [7, 11) is 0. The Balaban J connectivity index is 1.17. The van der Waals surface area contributed by atoms with Crippen molar-refractivity contribution in [3.05, 3.63) is 83.4 Å². The molecule has 1 aliphatic carbocycles. The van der Waals surface area contributed by atoms with Crippen molar-refractivity contribution in [2.45, 2.75) is 57.3 Å². The Morgan fingerprint density at radius 1 is 0.900 bits per heavy atom. The smallest absolute Gasteiger partial charge is 0.410 e. The summed E-state index contributed by atoms with van der Waals surface area (Å²) >= 11 is 0. The number of rotatable bonds is 6. The van der Waals surface area contributed by atoms with E-state index in [1.165, 1.54) is 4.90 Å². The number of nitrogens with one attached hydrogen (secondary N) is 3. The van der Waals surface area contributed by atoms with Gasteiger partial charge in [0.2, 0.25) is 0 Å². The largest absolute Gasteiger partial charge is 0.444 e. The second-order valence-corrected chi connectivity index (χ2v) is 11.5. The Bertz CT molecular complexity index is 1460. The van der Waals surface area contributed by atoms with Crippen molar-refractivity contribution < 1.29 is 23.9 Å². The van der Waals surface area contributed by atoms with E-state index in [0.717, 1.165) is 29.2 Å². The topological polar surface area (TPSA) is 117 Å². The molecule has 1 aliphatic heterocycles. The fourth-order valence-corrected chi connectivity index (χ4v) is 4.96. The van der Waals surface area contributed by atoms with Gasteiger partial charge < -0.3 is 25.6 Å². The fraction of sp³-hybridized carbons (Fsp3) is 0.355. The van der Waals surface area contributed by atoms with Crippen molar-refractivity contribution in [2.24, 2.45) is 0 Å². The van der Waals surface area contributed by atoms with Gasteiger partial charge in [0, 0.05) is 25.2 Å². The average molecular weight is 543 g/mol. The number of likely N-dealkylation sites (tertiary alicyclic amines) is 1. The van der Waals surface area contributed by atoms with E-state index in [1.54, 1.807) is 45.0 Å². The zero-order valence-electron chi connectivity index (χ0n) is 23.0. The highest BCUT2D eigenvalue weighted by molar-refractivity contribution is 6.35. The molecule has 1 heterocycles. The van der Waals surface area contributed by atoms with E-state index < -0.39 is 29.0 Å². The molecule has 2 fully saturated rings. The van der Waals surface area contributed by atoms with Crippen LogP contribution in [0.4, 0.5) is 4.79 Å². The van der Waals surface area contributed by atoms with Crippen molar-refractivity contribution in [1.29, 1.82) is 0 Å². The first-order chi connectivity index (χ1) is 19.0. The van der Waals surface area contributed by atoms with Gasteiger partial charge in [0.25, 0.3) is 5.91 Å². The summed E-state index contributed by atoms with van der Waals surface area (Å²) in [5.74, 6) is -1.82. The number of hydrogen-bond acceptors (Lipinski definition) is 5. The minimum Gasteiger partial charge on any atom is -0.444 e. The van der Waals surface area contributed by atoms with Crippen LogP contribution in [0, 0.1) is 0 Å². The predicted octanol–water partition coefficient (Wildman–Crippen LogP) is 3.61. The Morgan fingerprint density at radius 3 is 2.30 bits per heavy atom. The molecule has 0 spiro atoms. The lowest BCUT2D eigenvalue weighted by Gasteiger charge is -2.39. The molecule has 0 bridgehead atoms. The molecular formula is C31H34N4O5. The summed E-state index contributed by atoms with van der Waals surface area (Å²) in [4.78, 5) is 51.9. The maximum absolute atomic E-state index is 13.4. The lowest BCUT2D eigenvalue weighted by molar-refractivity contribution is -0.140. The van der Waals surface area contributed by atoms with Gasteiger partial charge in [0.15, 0.2) is 0 Å². The van der Waals surface area contributed by atoms with Gasteiger partial charge >= 0.3 is 17.9 Å². The van der Waals surface area contributed by atoms with Crippen molar-refractivity contribution >= 4 is 34.6 Å². The molecule has 2 aliphatic rings. The Hall–Kier alpha value is -4.40. The van der Waals surface area contributed by atoms with Crippen LogP contribution in [-0.2, 0) is 26.4 Å². The predicted molar refractivity (Wildman–Crippen MR) is 150 cm³/mol. The minimum atomic E-state index is -0.805. The number of amides is 4. The van der Waals surface area contributed by atoms with Crippen molar-refractivity contribution in [1.82, 2.24) is 20.9 Å². The van der Waals surface area contributed by atoms with Gasteiger partial charge in [-0.1, -0.05) is 60.7 Å². The van der Waals surface area contributed by atoms with Crippen LogP contribution >= 0.6 is 0 Å². The van der Waals surface area contributed by atoms with Crippen LogP contribution in [0.5, 0.6) is 0 Å². The van der Waals surface area contributed by atoms with Crippen molar-refractivity contribution in [2.75, 3.05) is 13.1 Å². The van der Waals surface area contributed by atoms with Gasteiger partial charge in [0.1, 0.15) is 5.60 Å².